The van der Waals surface area contributed by atoms with Crippen LogP contribution in [-0.2, 0) is 33.0 Å². The molecule has 0 aliphatic heterocycles. The first-order valence-corrected chi connectivity index (χ1v) is 12.8. The smallest absolute Gasteiger partial charge is 0.367 e. The van der Waals surface area contributed by atoms with E-state index in [1.54, 1.807) is 21.3 Å². The Labute approximate surface area is 157 Å². The number of hydrogen-bond donors (Lipinski definition) is 2. The molecule has 2 N–H and O–H groups in total. The van der Waals surface area contributed by atoms with Gasteiger partial charge in [-0.1, -0.05) is 0 Å². The molecule has 9 nitrogen and oxygen atoms in total. The molecule has 0 saturated carbocycles. The minimum atomic E-state index is -4.32. The Morgan fingerprint density at radius 3 is 1.15 bits per heavy atom. The van der Waals surface area contributed by atoms with E-state index >= 15 is 0 Å². The summed E-state index contributed by atoms with van der Waals surface area (Å²) in [6, 6.07) is 0. The van der Waals surface area contributed by atoms with Gasteiger partial charge in [0.2, 0.25) is 0 Å². The predicted molar refractivity (Wildman–Crippen MR) is 102 cm³/mol. The average molecular weight is 422 g/mol. The largest absolute Gasteiger partial charge is 0.382 e. The molecule has 0 aliphatic rings. The second kappa shape index (κ2) is 16.2. The highest BCUT2D eigenvalue weighted by molar-refractivity contribution is 8.76. The average Bonchev–Trinajstić information content (AvgIpc) is 2.59. The molecule has 0 aromatic carbocycles. The van der Waals surface area contributed by atoms with Gasteiger partial charge in [0, 0.05) is 38.6 Å². The van der Waals surface area contributed by atoms with Gasteiger partial charge in [0.1, 0.15) is 0 Å². The maximum absolute atomic E-state index is 12.3. The SMILES string of the molecule is COCCOCCS(CCOCCOC)(CCOCCOC)P(=O)(O)O. The van der Waals surface area contributed by atoms with E-state index in [1.165, 1.54) is 0 Å². The van der Waals surface area contributed by atoms with E-state index in [1.807, 2.05) is 0 Å². The summed E-state index contributed by atoms with van der Waals surface area (Å²) in [7, 11) is 2.41. The topological polar surface area (TPSA) is 113 Å². The van der Waals surface area contributed by atoms with Crippen LogP contribution in [0.1, 0.15) is 0 Å². The van der Waals surface area contributed by atoms with Crippen molar-refractivity contribution < 1.29 is 42.8 Å². The van der Waals surface area contributed by atoms with E-state index < -0.39 is 16.4 Å². The third-order valence-corrected chi connectivity index (χ3v) is 12.1. The van der Waals surface area contributed by atoms with Crippen LogP contribution in [0.3, 0.4) is 0 Å². The quantitative estimate of drug-likeness (QED) is 0.231. The van der Waals surface area contributed by atoms with Crippen molar-refractivity contribution in [2.45, 2.75) is 0 Å². The Bertz CT molecular complexity index is 331. The zero-order valence-electron chi connectivity index (χ0n) is 16.1. The summed E-state index contributed by atoms with van der Waals surface area (Å²) >= 11 is 0. The van der Waals surface area contributed by atoms with Crippen molar-refractivity contribution in [2.75, 3.05) is 98.0 Å². The van der Waals surface area contributed by atoms with Gasteiger partial charge in [0.25, 0.3) is 0 Å². The van der Waals surface area contributed by atoms with Crippen molar-refractivity contribution in [1.82, 2.24) is 0 Å². The van der Waals surface area contributed by atoms with E-state index in [4.69, 9.17) is 28.4 Å². The standard InChI is InChI=1S/C15H35O9PS/c1-19-4-7-22-10-13-26(25(16,17)18,14-11-23-8-5-20-2)15-12-24-9-6-21-3/h4-15H2,1-3H3,(H2,16,17,18). The molecule has 0 rings (SSSR count). The minimum Gasteiger partial charge on any atom is -0.382 e. The summed E-state index contributed by atoms with van der Waals surface area (Å²) in [6.07, 6.45) is 0. The molecule has 0 spiro atoms. The van der Waals surface area contributed by atoms with Gasteiger partial charge in [-0.2, -0.15) is 0 Å². The van der Waals surface area contributed by atoms with Crippen LogP contribution >= 0.6 is 16.4 Å². The van der Waals surface area contributed by atoms with Crippen LogP contribution in [0.15, 0.2) is 0 Å². The molecule has 0 heterocycles. The lowest BCUT2D eigenvalue weighted by Crippen LogP contribution is -2.24. The molecular formula is C15H35O9PS. The Morgan fingerprint density at radius 1 is 0.615 bits per heavy atom. The van der Waals surface area contributed by atoms with Crippen molar-refractivity contribution in [3.8, 4) is 0 Å². The minimum absolute atomic E-state index is 0.264. The molecule has 0 aromatic heterocycles. The molecule has 0 unspecified atom stereocenters. The summed E-state index contributed by atoms with van der Waals surface area (Å²) in [5.41, 5.74) is 0. The highest BCUT2D eigenvalue weighted by Gasteiger charge is 2.40. The molecule has 0 radical (unpaired) electrons. The Morgan fingerprint density at radius 2 is 0.923 bits per heavy atom. The number of methoxy groups -OCH3 is 3. The van der Waals surface area contributed by atoms with Gasteiger partial charge in [-0.05, 0) is 0 Å². The fourth-order valence-corrected chi connectivity index (χ4v) is 7.46. The molecule has 160 valence electrons. The fourth-order valence-electron chi connectivity index (χ4n) is 2.04. The van der Waals surface area contributed by atoms with Gasteiger partial charge in [-0.3, -0.25) is 0 Å². The number of rotatable bonds is 19. The lowest BCUT2D eigenvalue weighted by molar-refractivity contribution is 0.0754. The molecule has 0 fully saturated rings. The van der Waals surface area contributed by atoms with E-state index in [2.05, 4.69) is 0 Å². The van der Waals surface area contributed by atoms with E-state index in [0.717, 1.165) is 0 Å². The van der Waals surface area contributed by atoms with Crippen molar-refractivity contribution in [1.29, 1.82) is 0 Å². The maximum Gasteiger partial charge on any atom is 0.367 e. The van der Waals surface area contributed by atoms with Gasteiger partial charge in [0.05, 0.1) is 59.5 Å². The molecule has 0 amide bonds. The van der Waals surface area contributed by atoms with Crippen LogP contribution in [0, 0.1) is 0 Å². The summed E-state index contributed by atoms with van der Waals surface area (Å²) in [6.45, 7) is -1.03. The Balaban J connectivity index is 4.74. The zero-order chi connectivity index (χ0) is 19.7. The highest BCUT2D eigenvalue weighted by Crippen LogP contribution is 2.76. The second-order valence-corrected chi connectivity index (χ2v) is 13.4. The van der Waals surface area contributed by atoms with Crippen LogP contribution in [0.25, 0.3) is 0 Å². The third kappa shape index (κ3) is 11.9. The molecule has 11 heteroatoms. The van der Waals surface area contributed by atoms with Crippen molar-refractivity contribution in [3.05, 3.63) is 0 Å². The van der Waals surface area contributed by atoms with Crippen LogP contribution < -0.4 is 0 Å². The van der Waals surface area contributed by atoms with Crippen molar-refractivity contribution in [2.24, 2.45) is 0 Å². The monoisotopic (exact) mass is 422 g/mol. The summed E-state index contributed by atoms with van der Waals surface area (Å²) < 4.78 is 43.4. The first-order chi connectivity index (χ1) is 12.4. The molecule has 0 atom stereocenters. The fraction of sp³-hybridized carbons (Fsp3) is 1.00. The molecule has 0 bridgehead atoms. The first-order valence-electron chi connectivity index (χ1n) is 8.45. The van der Waals surface area contributed by atoms with Crippen LogP contribution in [0.2, 0.25) is 0 Å². The predicted octanol–water partition coefficient (Wildman–Crippen LogP) is 0.873. The van der Waals surface area contributed by atoms with Gasteiger partial charge in [-0.25, -0.2) is 4.57 Å². The summed E-state index contributed by atoms with van der Waals surface area (Å²) in [5, 5.41) is 0. The van der Waals surface area contributed by atoms with Gasteiger partial charge in [-0.15, -0.1) is 9.65 Å². The Kier molecular flexibility index (Phi) is 16.4. The lowest BCUT2D eigenvalue weighted by Gasteiger charge is -2.40. The zero-order valence-corrected chi connectivity index (χ0v) is 17.8. The second-order valence-electron chi connectivity index (χ2n) is 5.42. The third-order valence-electron chi connectivity index (χ3n) is 3.62. The normalized spacial score (nSPS) is 13.3. The molecule has 0 aromatic rings. The Hall–Kier alpha value is 0.260. The van der Waals surface area contributed by atoms with Crippen LogP contribution in [0.4, 0.5) is 0 Å². The van der Waals surface area contributed by atoms with Crippen LogP contribution in [0.5, 0.6) is 0 Å². The van der Waals surface area contributed by atoms with E-state index in [-0.39, 0.29) is 19.8 Å². The maximum atomic E-state index is 12.3. The number of ether oxygens (including phenoxy) is 6. The van der Waals surface area contributed by atoms with Crippen LogP contribution in [-0.4, -0.2) is 108 Å². The molecule has 26 heavy (non-hydrogen) atoms. The van der Waals surface area contributed by atoms with E-state index in [9.17, 15) is 14.4 Å². The van der Waals surface area contributed by atoms with E-state index in [0.29, 0.717) is 56.9 Å². The molecule has 0 aliphatic carbocycles. The van der Waals surface area contributed by atoms with Crippen molar-refractivity contribution >= 4 is 16.4 Å². The summed E-state index contributed by atoms with van der Waals surface area (Å²) in [4.78, 5) is 20.1. The first kappa shape index (κ1) is 26.3. The lowest BCUT2D eigenvalue weighted by atomic mass is 10.7. The van der Waals surface area contributed by atoms with Crippen molar-refractivity contribution in [3.63, 3.8) is 0 Å². The number of hydrogen-bond acceptors (Lipinski definition) is 7. The summed E-state index contributed by atoms with van der Waals surface area (Å²) in [5.74, 6) is 0.882. The molecule has 0 saturated heterocycles. The van der Waals surface area contributed by atoms with Gasteiger partial charge >= 0.3 is 6.80 Å². The molecular weight excluding hydrogens is 387 g/mol. The highest BCUT2D eigenvalue weighted by atomic mass is 32.8. The van der Waals surface area contributed by atoms with Gasteiger partial charge < -0.3 is 38.2 Å². The van der Waals surface area contributed by atoms with Gasteiger partial charge in [0.15, 0.2) is 0 Å².